The number of halogens is 2. The summed E-state index contributed by atoms with van der Waals surface area (Å²) in [6, 6.07) is 16.4. The van der Waals surface area contributed by atoms with Crippen molar-refractivity contribution in [2.24, 2.45) is 0 Å². The van der Waals surface area contributed by atoms with Crippen molar-refractivity contribution in [2.75, 3.05) is 12.3 Å². The van der Waals surface area contributed by atoms with Crippen LogP contribution in [0, 0.1) is 11.6 Å². The molecule has 0 saturated carbocycles. The van der Waals surface area contributed by atoms with Gasteiger partial charge in [-0.3, -0.25) is 4.98 Å². The van der Waals surface area contributed by atoms with Crippen LogP contribution in [0.25, 0.3) is 22.5 Å². The predicted molar refractivity (Wildman–Crippen MR) is 120 cm³/mol. The second-order valence-corrected chi connectivity index (χ2v) is 7.25. The molecule has 4 rings (SSSR count). The van der Waals surface area contributed by atoms with Crippen molar-refractivity contribution < 1.29 is 13.5 Å². The third kappa shape index (κ3) is 5.06. The number of nitrogen functional groups attached to an aromatic ring is 1. The fraction of sp³-hybridized carbons (Fsp3) is 0.160. The van der Waals surface area contributed by atoms with Gasteiger partial charge in [0.1, 0.15) is 17.4 Å². The van der Waals surface area contributed by atoms with Crippen LogP contribution in [0.3, 0.4) is 0 Å². The molecular formula is C25H22F2N4O. The first kappa shape index (κ1) is 21.4. The maximum absolute atomic E-state index is 14.2. The molecule has 7 heteroatoms. The van der Waals surface area contributed by atoms with Crippen molar-refractivity contribution in [3.8, 4) is 28.3 Å². The van der Waals surface area contributed by atoms with E-state index in [0.29, 0.717) is 24.5 Å². The molecule has 2 aromatic heterocycles. The summed E-state index contributed by atoms with van der Waals surface area (Å²) >= 11 is 0. The average Bonchev–Trinajstić information content (AvgIpc) is 2.79. The van der Waals surface area contributed by atoms with Gasteiger partial charge in [-0.15, -0.1) is 0 Å². The number of rotatable bonds is 7. The summed E-state index contributed by atoms with van der Waals surface area (Å²) in [4.78, 5) is 12.8. The highest BCUT2D eigenvalue weighted by Gasteiger charge is 2.12. The summed E-state index contributed by atoms with van der Waals surface area (Å²) in [5.41, 5.74) is 9.77. The highest BCUT2D eigenvalue weighted by atomic mass is 19.1. The lowest BCUT2D eigenvalue weighted by Crippen LogP contribution is -2.03. The third-order valence-electron chi connectivity index (χ3n) is 5.02. The van der Waals surface area contributed by atoms with E-state index in [0.717, 1.165) is 23.7 Å². The largest absolute Gasteiger partial charge is 0.493 e. The lowest BCUT2D eigenvalue weighted by molar-refractivity contribution is 0.320. The number of nitrogens with two attached hydrogens (primary N) is 1. The van der Waals surface area contributed by atoms with Crippen molar-refractivity contribution in [2.45, 2.75) is 19.8 Å². The normalized spacial score (nSPS) is 10.8. The van der Waals surface area contributed by atoms with E-state index in [9.17, 15) is 8.78 Å². The molecule has 0 atom stereocenters. The number of nitrogens with zero attached hydrogens (tertiary/aromatic N) is 3. The van der Waals surface area contributed by atoms with Crippen LogP contribution >= 0.6 is 0 Å². The van der Waals surface area contributed by atoms with E-state index in [2.05, 4.69) is 27.9 Å². The summed E-state index contributed by atoms with van der Waals surface area (Å²) in [5.74, 6) is -0.650. The molecule has 0 aliphatic heterocycles. The maximum Gasteiger partial charge on any atom is 0.221 e. The van der Waals surface area contributed by atoms with Gasteiger partial charge in [-0.25, -0.2) is 18.7 Å². The molecule has 2 aromatic carbocycles. The van der Waals surface area contributed by atoms with E-state index in [1.807, 2.05) is 36.5 Å². The minimum absolute atomic E-state index is 0.00291. The number of hydrogen-bond donors (Lipinski definition) is 1. The molecule has 0 saturated heterocycles. The van der Waals surface area contributed by atoms with Gasteiger partial charge in [0.15, 0.2) is 0 Å². The minimum Gasteiger partial charge on any atom is -0.493 e. The molecule has 2 N–H and O–H groups in total. The van der Waals surface area contributed by atoms with Crippen LogP contribution < -0.4 is 10.5 Å². The fourth-order valence-electron chi connectivity index (χ4n) is 3.26. The van der Waals surface area contributed by atoms with Gasteiger partial charge in [0.05, 0.1) is 18.0 Å². The molecule has 0 unspecified atom stereocenters. The van der Waals surface area contributed by atoms with Gasteiger partial charge >= 0.3 is 0 Å². The molecule has 5 nitrogen and oxygen atoms in total. The first-order chi connectivity index (χ1) is 15.5. The number of aryl methyl sites for hydroxylation is 1. The predicted octanol–water partition coefficient (Wildman–Crippen LogP) is 5.25. The first-order valence-corrected chi connectivity index (χ1v) is 10.3. The molecule has 0 amide bonds. The van der Waals surface area contributed by atoms with E-state index in [1.165, 1.54) is 17.7 Å². The molecule has 0 fully saturated rings. The Kier molecular flexibility index (Phi) is 6.35. The van der Waals surface area contributed by atoms with Gasteiger partial charge < -0.3 is 10.5 Å². The SMILES string of the molecule is CCc1ccc(CCOc2ccc(-c3cc(-c4ccc(F)cc4F)nc(N)n3)cc2)nc1. The number of aromatic nitrogens is 3. The third-order valence-corrected chi connectivity index (χ3v) is 5.02. The quantitative estimate of drug-likeness (QED) is 0.432. The highest BCUT2D eigenvalue weighted by molar-refractivity contribution is 5.69. The Morgan fingerprint density at radius 3 is 2.38 bits per heavy atom. The molecule has 162 valence electrons. The highest BCUT2D eigenvalue weighted by Crippen LogP contribution is 2.28. The van der Waals surface area contributed by atoms with Gasteiger partial charge in [-0.1, -0.05) is 13.0 Å². The molecule has 0 aliphatic rings. The van der Waals surface area contributed by atoms with Gasteiger partial charge in [-0.05, 0) is 60.5 Å². The number of anilines is 1. The van der Waals surface area contributed by atoms with Gasteiger partial charge in [-0.2, -0.15) is 0 Å². The summed E-state index contributed by atoms with van der Waals surface area (Å²) < 4.78 is 33.2. The van der Waals surface area contributed by atoms with E-state index >= 15 is 0 Å². The topological polar surface area (TPSA) is 73.9 Å². The Balaban J connectivity index is 1.45. The van der Waals surface area contributed by atoms with Gasteiger partial charge in [0.25, 0.3) is 0 Å². The van der Waals surface area contributed by atoms with Crippen LogP contribution in [-0.4, -0.2) is 21.6 Å². The molecule has 2 heterocycles. The lowest BCUT2D eigenvalue weighted by atomic mass is 10.1. The summed E-state index contributed by atoms with van der Waals surface area (Å²) in [5, 5.41) is 0. The molecule has 0 spiro atoms. The number of pyridine rings is 1. The van der Waals surface area contributed by atoms with Crippen molar-refractivity contribution in [1.29, 1.82) is 0 Å². The van der Waals surface area contributed by atoms with Crippen LogP contribution in [0.4, 0.5) is 14.7 Å². The first-order valence-electron chi connectivity index (χ1n) is 10.3. The molecule has 0 radical (unpaired) electrons. The zero-order valence-corrected chi connectivity index (χ0v) is 17.6. The van der Waals surface area contributed by atoms with Crippen LogP contribution in [0.15, 0.2) is 66.9 Å². The van der Waals surface area contributed by atoms with Gasteiger partial charge in [0, 0.05) is 35.5 Å². The van der Waals surface area contributed by atoms with Crippen LogP contribution in [0.1, 0.15) is 18.2 Å². The average molecular weight is 432 g/mol. The lowest BCUT2D eigenvalue weighted by Gasteiger charge is -2.09. The Hall–Kier alpha value is -3.87. The monoisotopic (exact) mass is 432 g/mol. The molecular weight excluding hydrogens is 410 g/mol. The van der Waals surface area contributed by atoms with Crippen LogP contribution in [0.5, 0.6) is 5.75 Å². The Morgan fingerprint density at radius 2 is 1.69 bits per heavy atom. The summed E-state index contributed by atoms with van der Waals surface area (Å²) in [7, 11) is 0. The minimum atomic E-state index is -0.711. The zero-order chi connectivity index (χ0) is 22.5. The van der Waals surface area contributed by atoms with Crippen molar-refractivity contribution >= 4 is 5.95 Å². The summed E-state index contributed by atoms with van der Waals surface area (Å²) in [6.07, 6.45) is 3.57. The second-order valence-electron chi connectivity index (χ2n) is 7.25. The number of benzene rings is 2. The smallest absolute Gasteiger partial charge is 0.221 e. The zero-order valence-electron chi connectivity index (χ0n) is 17.6. The van der Waals surface area contributed by atoms with Crippen molar-refractivity contribution in [1.82, 2.24) is 15.0 Å². The van der Waals surface area contributed by atoms with E-state index in [-0.39, 0.29) is 17.2 Å². The Labute approximate surface area is 185 Å². The standard InChI is InChI=1S/C25H22F2N4O/c1-2-16-3-7-19(29-15-16)11-12-32-20-8-4-17(5-9-20)23-14-24(31-25(28)30-23)21-10-6-18(26)13-22(21)27/h3-10,13-15H,2,11-12H2,1H3,(H2,28,30,31). The Morgan fingerprint density at radius 1 is 0.906 bits per heavy atom. The number of ether oxygens (including phenoxy) is 1. The van der Waals surface area contributed by atoms with Gasteiger partial charge in [0.2, 0.25) is 5.95 Å². The number of hydrogen-bond acceptors (Lipinski definition) is 5. The van der Waals surface area contributed by atoms with Crippen molar-refractivity contribution in [3.05, 3.63) is 89.8 Å². The fourth-order valence-corrected chi connectivity index (χ4v) is 3.26. The Bertz CT molecular complexity index is 1210. The maximum atomic E-state index is 14.2. The molecule has 4 aromatic rings. The van der Waals surface area contributed by atoms with E-state index < -0.39 is 11.6 Å². The molecule has 32 heavy (non-hydrogen) atoms. The second kappa shape index (κ2) is 9.51. The van der Waals surface area contributed by atoms with E-state index in [1.54, 1.807) is 6.07 Å². The van der Waals surface area contributed by atoms with Crippen LogP contribution in [0.2, 0.25) is 0 Å². The van der Waals surface area contributed by atoms with Crippen LogP contribution in [-0.2, 0) is 12.8 Å². The molecule has 0 aliphatic carbocycles. The van der Waals surface area contributed by atoms with E-state index in [4.69, 9.17) is 10.5 Å². The summed E-state index contributed by atoms with van der Waals surface area (Å²) in [6.45, 7) is 2.60. The van der Waals surface area contributed by atoms with Crippen molar-refractivity contribution in [3.63, 3.8) is 0 Å². The molecule has 0 bridgehead atoms.